The van der Waals surface area contributed by atoms with Crippen LogP contribution in [0, 0.1) is 17.8 Å². The largest absolute Gasteiger partial charge is 0.274 e. The summed E-state index contributed by atoms with van der Waals surface area (Å²) >= 11 is 0. The standard InChI is InChI=1S/C8H13NO3S/c1-4-5-6-13(11,12)9-8(10)7(2)3/h7H,6H2,1-3H3,(H,9,10). The van der Waals surface area contributed by atoms with E-state index >= 15 is 0 Å². The third-order valence-corrected chi connectivity index (χ3v) is 2.26. The number of rotatable bonds is 3. The van der Waals surface area contributed by atoms with Crippen LogP contribution in [0.25, 0.3) is 0 Å². The van der Waals surface area contributed by atoms with Gasteiger partial charge in [0.25, 0.3) is 0 Å². The molecule has 0 aromatic heterocycles. The predicted octanol–water partition coefficient (Wildman–Crippen LogP) is 0.112. The van der Waals surface area contributed by atoms with E-state index in [1.54, 1.807) is 20.8 Å². The van der Waals surface area contributed by atoms with E-state index < -0.39 is 15.9 Å². The van der Waals surface area contributed by atoms with Gasteiger partial charge in [-0.05, 0) is 6.92 Å². The third-order valence-electron chi connectivity index (χ3n) is 1.22. The Kier molecular flexibility index (Phi) is 4.49. The highest BCUT2D eigenvalue weighted by molar-refractivity contribution is 7.90. The summed E-state index contributed by atoms with van der Waals surface area (Å²) in [4.78, 5) is 11.0. The van der Waals surface area contributed by atoms with E-state index in [1.165, 1.54) is 0 Å². The molecule has 0 aromatic carbocycles. The smallest absolute Gasteiger partial charge is 0.246 e. The van der Waals surface area contributed by atoms with E-state index in [0.717, 1.165) is 0 Å². The Morgan fingerprint density at radius 1 is 1.46 bits per heavy atom. The summed E-state index contributed by atoms with van der Waals surface area (Å²) in [5.74, 6) is 3.65. The minimum Gasteiger partial charge on any atom is -0.274 e. The molecule has 0 radical (unpaired) electrons. The first-order chi connectivity index (χ1) is 5.89. The van der Waals surface area contributed by atoms with E-state index in [-0.39, 0.29) is 11.7 Å². The molecule has 0 saturated heterocycles. The van der Waals surface area contributed by atoms with E-state index in [4.69, 9.17) is 0 Å². The van der Waals surface area contributed by atoms with Crippen LogP contribution in [0.4, 0.5) is 0 Å². The van der Waals surface area contributed by atoms with E-state index in [0.29, 0.717) is 0 Å². The molecule has 1 amide bonds. The van der Waals surface area contributed by atoms with Crippen molar-refractivity contribution in [3.05, 3.63) is 0 Å². The van der Waals surface area contributed by atoms with Crippen molar-refractivity contribution in [1.82, 2.24) is 4.72 Å². The van der Waals surface area contributed by atoms with Gasteiger partial charge in [-0.3, -0.25) is 9.52 Å². The minimum absolute atomic E-state index is 0.331. The lowest BCUT2D eigenvalue weighted by molar-refractivity contribution is -0.122. The van der Waals surface area contributed by atoms with Gasteiger partial charge < -0.3 is 0 Å². The van der Waals surface area contributed by atoms with E-state index in [9.17, 15) is 13.2 Å². The zero-order chi connectivity index (χ0) is 10.5. The Labute approximate surface area is 78.8 Å². The number of amides is 1. The van der Waals surface area contributed by atoms with Crippen LogP contribution in [-0.2, 0) is 14.8 Å². The Bertz CT molecular complexity index is 332. The minimum atomic E-state index is -3.56. The van der Waals surface area contributed by atoms with Crippen LogP contribution in [0.3, 0.4) is 0 Å². The molecule has 0 fully saturated rings. The second kappa shape index (κ2) is 4.87. The number of hydrogen-bond acceptors (Lipinski definition) is 3. The highest BCUT2D eigenvalue weighted by Crippen LogP contribution is 1.93. The van der Waals surface area contributed by atoms with Crippen LogP contribution in [-0.4, -0.2) is 20.1 Å². The van der Waals surface area contributed by atoms with Crippen LogP contribution in [0.5, 0.6) is 0 Å². The Balaban J connectivity index is 4.32. The lowest BCUT2D eigenvalue weighted by Crippen LogP contribution is -2.35. The Morgan fingerprint density at radius 2 is 2.00 bits per heavy atom. The molecule has 0 heterocycles. The molecule has 0 aliphatic carbocycles. The fourth-order valence-corrected chi connectivity index (χ4v) is 1.42. The number of carbonyl (C=O) groups is 1. The molecule has 1 N–H and O–H groups in total. The molecule has 4 nitrogen and oxygen atoms in total. The number of carbonyl (C=O) groups excluding carboxylic acids is 1. The second-order valence-electron chi connectivity index (χ2n) is 2.81. The van der Waals surface area contributed by atoms with E-state index in [1.807, 2.05) is 4.72 Å². The molecule has 0 spiro atoms. The summed E-state index contributed by atoms with van der Waals surface area (Å²) in [7, 11) is -3.56. The molecular weight excluding hydrogens is 190 g/mol. The van der Waals surface area contributed by atoms with Crippen LogP contribution in [0.15, 0.2) is 0 Å². The molecule has 0 aliphatic rings. The van der Waals surface area contributed by atoms with Crippen LogP contribution in [0.2, 0.25) is 0 Å². The van der Waals surface area contributed by atoms with Gasteiger partial charge in [-0.2, -0.15) is 0 Å². The summed E-state index contributed by atoms with van der Waals surface area (Å²) in [6.45, 7) is 4.78. The number of sulfonamides is 1. The van der Waals surface area contributed by atoms with Crippen LogP contribution in [0.1, 0.15) is 20.8 Å². The molecular formula is C8H13NO3S. The molecule has 0 rings (SSSR count). The van der Waals surface area contributed by atoms with Gasteiger partial charge in [-0.25, -0.2) is 8.42 Å². The summed E-state index contributed by atoms with van der Waals surface area (Å²) in [6.07, 6.45) is 0. The number of nitrogens with one attached hydrogen (secondary N) is 1. The zero-order valence-electron chi connectivity index (χ0n) is 7.92. The maximum Gasteiger partial charge on any atom is 0.246 e. The van der Waals surface area contributed by atoms with Gasteiger partial charge in [0, 0.05) is 5.92 Å². The van der Waals surface area contributed by atoms with Gasteiger partial charge in [0.2, 0.25) is 15.9 Å². The SMILES string of the molecule is CC#CCS(=O)(=O)NC(=O)C(C)C. The Morgan fingerprint density at radius 3 is 2.38 bits per heavy atom. The fraction of sp³-hybridized carbons (Fsp3) is 0.625. The van der Waals surface area contributed by atoms with Crippen molar-refractivity contribution in [3.63, 3.8) is 0 Å². The van der Waals surface area contributed by atoms with Crippen molar-refractivity contribution in [2.75, 3.05) is 5.75 Å². The van der Waals surface area contributed by atoms with Crippen molar-refractivity contribution in [1.29, 1.82) is 0 Å². The normalized spacial score (nSPS) is 10.5. The first-order valence-electron chi connectivity index (χ1n) is 3.83. The lowest BCUT2D eigenvalue weighted by atomic mass is 10.2. The summed E-state index contributed by atoms with van der Waals surface area (Å²) in [5.41, 5.74) is 0. The van der Waals surface area contributed by atoms with E-state index in [2.05, 4.69) is 11.8 Å². The first-order valence-corrected chi connectivity index (χ1v) is 5.48. The lowest BCUT2D eigenvalue weighted by Gasteiger charge is -2.05. The molecule has 74 valence electrons. The van der Waals surface area contributed by atoms with Gasteiger partial charge in [0.15, 0.2) is 0 Å². The average molecular weight is 203 g/mol. The summed E-state index contributed by atoms with van der Waals surface area (Å²) in [6, 6.07) is 0. The molecule has 0 aliphatic heterocycles. The van der Waals surface area contributed by atoms with Gasteiger partial charge >= 0.3 is 0 Å². The van der Waals surface area contributed by atoms with Crippen molar-refractivity contribution in [3.8, 4) is 11.8 Å². The maximum absolute atomic E-state index is 11.1. The molecule has 0 aromatic rings. The van der Waals surface area contributed by atoms with Crippen molar-refractivity contribution in [2.24, 2.45) is 5.92 Å². The molecule has 0 atom stereocenters. The monoisotopic (exact) mass is 203 g/mol. The van der Waals surface area contributed by atoms with Crippen LogP contribution < -0.4 is 4.72 Å². The van der Waals surface area contributed by atoms with Gasteiger partial charge in [-0.1, -0.05) is 19.8 Å². The summed E-state index contributed by atoms with van der Waals surface area (Å²) in [5, 5.41) is 0. The molecule has 13 heavy (non-hydrogen) atoms. The highest BCUT2D eigenvalue weighted by Gasteiger charge is 2.15. The molecule has 5 heteroatoms. The maximum atomic E-state index is 11.1. The van der Waals surface area contributed by atoms with Crippen LogP contribution >= 0.6 is 0 Å². The Hall–Kier alpha value is -1.02. The van der Waals surface area contributed by atoms with Crippen molar-refractivity contribution >= 4 is 15.9 Å². The quantitative estimate of drug-likeness (QED) is 0.662. The van der Waals surface area contributed by atoms with Crippen molar-refractivity contribution in [2.45, 2.75) is 20.8 Å². The van der Waals surface area contributed by atoms with Gasteiger partial charge in [0.05, 0.1) is 0 Å². The zero-order valence-corrected chi connectivity index (χ0v) is 8.73. The molecule has 0 unspecified atom stereocenters. The fourth-order valence-electron chi connectivity index (χ4n) is 0.474. The highest BCUT2D eigenvalue weighted by atomic mass is 32.2. The topological polar surface area (TPSA) is 63.2 Å². The van der Waals surface area contributed by atoms with Crippen molar-refractivity contribution < 1.29 is 13.2 Å². The van der Waals surface area contributed by atoms with Gasteiger partial charge in [0.1, 0.15) is 5.75 Å². The second-order valence-corrected chi connectivity index (χ2v) is 4.53. The first kappa shape index (κ1) is 12.0. The number of hydrogen-bond donors (Lipinski definition) is 1. The predicted molar refractivity (Wildman–Crippen MR) is 50.2 cm³/mol. The molecule has 0 saturated carbocycles. The third kappa shape index (κ3) is 5.26. The summed E-state index contributed by atoms with van der Waals surface area (Å²) < 4.78 is 24.1. The average Bonchev–Trinajstić information content (AvgIpc) is 2.00. The molecule has 0 bridgehead atoms. The van der Waals surface area contributed by atoms with Gasteiger partial charge in [-0.15, -0.1) is 5.92 Å².